The van der Waals surface area contributed by atoms with Gasteiger partial charge in [0.05, 0.1) is 29.2 Å². The number of benzene rings is 1. The van der Waals surface area contributed by atoms with Crippen molar-refractivity contribution in [3.63, 3.8) is 0 Å². The second kappa shape index (κ2) is 5.31. The Labute approximate surface area is 122 Å². The van der Waals surface area contributed by atoms with Gasteiger partial charge in [0.15, 0.2) is 0 Å². The normalized spacial score (nSPS) is 12.9. The smallest absolute Gasteiger partial charge is 0.134 e. The summed E-state index contributed by atoms with van der Waals surface area (Å²) in [4.78, 5) is 0. The molecule has 104 valence electrons. The number of rotatable bonds is 4. The highest BCUT2D eigenvalue weighted by Gasteiger charge is 2.23. The zero-order valence-corrected chi connectivity index (χ0v) is 12.2. The van der Waals surface area contributed by atoms with E-state index in [0.717, 1.165) is 28.8 Å². The maximum atomic E-state index is 6.31. The van der Waals surface area contributed by atoms with Crippen molar-refractivity contribution in [2.75, 3.05) is 7.05 Å². The second-order valence-electron chi connectivity index (χ2n) is 4.60. The summed E-state index contributed by atoms with van der Waals surface area (Å²) in [5, 5.41) is 9.37. The van der Waals surface area contributed by atoms with Gasteiger partial charge in [0.2, 0.25) is 0 Å². The van der Waals surface area contributed by atoms with Gasteiger partial charge in [0.1, 0.15) is 5.58 Å². The largest absolute Gasteiger partial charge is 0.464 e. The van der Waals surface area contributed by atoms with Crippen LogP contribution < -0.4 is 5.32 Å². The summed E-state index contributed by atoms with van der Waals surface area (Å²) in [6.07, 6.45) is 3.47. The number of fused-ring (bicyclic) bond motifs is 1. The van der Waals surface area contributed by atoms with E-state index in [4.69, 9.17) is 16.0 Å². The van der Waals surface area contributed by atoms with Crippen LogP contribution in [0.15, 0.2) is 41.1 Å². The zero-order chi connectivity index (χ0) is 14.1. The molecule has 1 N–H and O–H groups in total. The van der Waals surface area contributed by atoms with Crippen LogP contribution in [0.4, 0.5) is 0 Å². The summed E-state index contributed by atoms with van der Waals surface area (Å²) < 4.78 is 7.54. The lowest BCUT2D eigenvalue weighted by atomic mass is 10.0. The Hall–Kier alpha value is -1.78. The monoisotopic (exact) mass is 289 g/mol. The lowest BCUT2D eigenvalue weighted by Gasteiger charge is -2.17. The van der Waals surface area contributed by atoms with Crippen molar-refractivity contribution in [3.8, 4) is 0 Å². The summed E-state index contributed by atoms with van der Waals surface area (Å²) in [7, 11) is 1.91. The predicted octanol–water partition coefficient (Wildman–Crippen LogP) is 3.61. The van der Waals surface area contributed by atoms with Crippen LogP contribution in [0.1, 0.15) is 24.2 Å². The van der Waals surface area contributed by atoms with E-state index in [1.165, 1.54) is 0 Å². The first-order valence-electron chi connectivity index (χ1n) is 6.60. The van der Waals surface area contributed by atoms with Crippen LogP contribution in [-0.4, -0.2) is 16.8 Å². The van der Waals surface area contributed by atoms with Gasteiger partial charge in [-0.1, -0.05) is 29.8 Å². The van der Waals surface area contributed by atoms with E-state index in [0.29, 0.717) is 5.02 Å². The molecule has 5 heteroatoms. The van der Waals surface area contributed by atoms with Gasteiger partial charge in [-0.25, -0.2) is 0 Å². The molecule has 1 atom stereocenters. The molecule has 0 spiro atoms. The van der Waals surface area contributed by atoms with Crippen molar-refractivity contribution < 1.29 is 4.42 Å². The molecule has 0 aliphatic heterocycles. The van der Waals surface area contributed by atoms with E-state index in [-0.39, 0.29) is 6.04 Å². The highest BCUT2D eigenvalue weighted by atomic mass is 35.5. The average molecular weight is 290 g/mol. The van der Waals surface area contributed by atoms with E-state index < -0.39 is 0 Å². The molecule has 0 aliphatic carbocycles. The Balaban J connectivity index is 2.16. The van der Waals surface area contributed by atoms with E-state index in [1.54, 1.807) is 12.5 Å². The lowest BCUT2D eigenvalue weighted by molar-refractivity contribution is 0.552. The van der Waals surface area contributed by atoms with Crippen LogP contribution in [0.5, 0.6) is 0 Å². The lowest BCUT2D eigenvalue weighted by Crippen LogP contribution is -2.21. The highest BCUT2D eigenvalue weighted by Crippen LogP contribution is 2.33. The number of nitrogens with one attached hydrogen (secondary N) is 1. The Kier molecular flexibility index (Phi) is 3.51. The minimum atomic E-state index is -0.0476. The molecule has 0 radical (unpaired) electrons. The van der Waals surface area contributed by atoms with Crippen LogP contribution in [-0.2, 0) is 6.54 Å². The predicted molar refractivity (Wildman–Crippen MR) is 80.0 cm³/mol. The molecule has 20 heavy (non-hydrogen) atoms. The van der Waals surface area contributed by atoms with Crippen molar-refractivity contribution >= 4 is 22.6 Å². The molecule has 0 saturated heterocycles. The van der Waals surface area contributed by atoms with Crippen LogP contribution in [0.3, 0.4) is 0 Å². The molecule has 0 bridgehead atoms. The summed E-state index contributed by atoms with van der Waals surface area (Å²) in [5.74, 6) is 0. The van der Waals surface area contributed by atoms with E-state index in [1.807, 2.05) is 36.9 Å². The molecular weight excluding hydrogens is 274 g/mol. The standard InChI is InChI=1S/C15H16ClN3O/c1-3-19-15(12(16)8-18-19)14(17-2)11-9-20-13-7-5-4-6-10(11)13/h4-9,14,17H,3H2,1-2H3. The molecule has 3 rings (SSSR count). The minimum absolute atomic E-state index is 0.0476. The first-order valence-corrected chi connectivity index (χ1v) is 6.98. The minimum Gasteiger partial charge on any atom is -0.464 e. The maximum Gasteiger partial charge on any atom is 0.134 e. The molecule has 2 heterocycles. The van der Waals surface area contributed by atoms with Crippen LogP contribution >= 0.6 is 11.6 Å². The average Bonchev–Trinajstić information content (AvgIpc) is 3.06. The number of hydrogen-bond donors (Lipinski definition) is 1. The molecule has 0 amide bonds. The Morgan fingerprint density at radius 2 is 2.20 bits per heavy atom. The fourth-order valence-electron chi connectivity index (χ4n) is 2.57. The molecule has 2 aromatic heterocycles. The van der Waals surface area contributed by atoms with Gasteiger partial charge in [-0.05, 0) is 20.0 Å². The quantitative estimate of drug-likeness (QED) is 0.798. The number of para-hydroxylation sites is 1. The van der Waals surface area contributed by atoms with Crippen LogP contribution in [0.2, 0.25) is 5.02 Å². The number of nitrogens with zero attached hydrogens (tertiary/aromatic N) is 2. The number of furan rings is 1. The van der Waals surface area contributed by atoms with Gasteiger partial charge in [-0.15, -0.1) is 0 Å². The molecular formula is C15H16ClN3O. The second-order valence-corrected chi connectivity index (χ2v) is 5.01. The molecule has 0 fully saturated rings. The molecule has 0 saturated carbocycles. The van der Waals surface area contributed by atoms with Crippen molar-refractivity contribution in [2.45, 2.75) is 19.5 Å². The Morgan fingerprint density at radius 1 is 1.40 bits per heavy atom. The highest BCUT2D eigenvalue weighted by molar-refractivity contribution is 6.31. The van der Waals surface area contributed by atoms with Gasteiger partial charge < -0.3 is 9.73 Å². The molecule has 1 aromatic carbocycles. The van der Waals surface area contributed by atoms with Gasteiger partial charge in [-0.2, -0.15) is 5.10 Å². The summed E-state index contributed by atoms with van der Waals surface area (Å²) in [6, 6.07) is 7.94. The summed E-state index contributed by atoms with van der Waals surface area (Å²) >= 11 is 6.31. The Bertz CT molecular complexity index is 732. The maximum absolute atomic E-state index is 6.31. The third-order valence-corrected chi connectivity index (χ3v) is 3.81. The third-order valence-electron chi connectivity index (χ3n) is 3.52. The van der Waals surface area contributed by atoms with Crippen LogP contribution in [0, 0.1) is 0 Å². The summed E-state index contributed by atoms with van der Waals surface area (Å²) in [6.45, 7) is 2.82. The van der Waals surface area contributed by atoms with Crippen molar-refractivity contribution in [3.05, 3.63) is 53.0 Å². The number of aryl methyl sites for hydroxylation is 1. The van der Waals surface area contributed by atoms with Crippen LogP contribution in [0.25, 0.3) is 11.0 Å². The third kappa shape index (κ3) is 2.01. The SMILES string of the molecule is CCn1ncc(Cl)c1C(NC)c1coc2ccccc12. The van der Waals surface area contributed by atoms with E-state index >= 15 is 0 Å². The van der Waals surface area contributed by atoms with Gasteiger partial charge >= 0.3 is 0 Å². The summed E-state index contributed by atoms with van der Waals surface area (Å²) in [5.41, 5.74) is 2.91. The van der Waals surface area contributed by atoms with Gasteiger partial charge in [-0.3, -0.25) is 4.68 Å². The number of halogens is 1. The number of hydrogen-bond acceptors (Lipinski definition) is 3. The molecule has 0 aliphatic rings. The fourth-order valence-corrected chi connectivity index (χ4v) is 2.82. The molecule has 4 nitrogen and oxygen atoms in total. The Morgan fingerprint density at radius 3 is 2.95 bits per heavy atom. The number of aromatic nitrogens is 2. The van der Waals surface area contributed by atoms with E-state index in [2.05, 4.69) is 16.5 Å². The van der Waals surface area contributed by atoms with Gasteiger partial charge in [0.25, 0.3) is 0 Å². The van der Waals surface area contributed by atoms with Crippen molar-refractivity contribution in [1.82, 2.24) is 15.1 Å². The molecule has 1 unspecified atom stereocenters. The van der Waals surface area contributed by atoms with Crippen molar-refractivity contribution in [2.24, 2.45) is 0 Å². The van der Waals surface area contributed by atoms with E-state index in [9.17, 15) is 0 Å². The van der Waals surface area contributed by atoms with Gasteiger partial charge in [0, 0.05) is 17.5 Å². The fraction of sp³-hybridized carbons (Fsp3) is 0.267. The topological polar surface area (TPSA) is 43.0 Å². The first kappa shape index (κ1) is 13.2. The molecule has 3 aromatic rings. The first-order chi connectivity index (χ1) is 9.76. The van der Waals surface area contributed by atoms with Crippen molar-refractivity contribution in [1.29, 1.82) is 0 Å². The zero-order valence-electron chi connectivity index (χ0n) is 11.4.